The zero-order valence-electron chi connectivity index (χ0n) is 24.9. The van der Waals surface area contributed by atoms with Crippen LogP contribution in [-0.2, 0) is 22.5 Å². The minimum absolute atomic E-state index is 0.0601. The third-order valence-electron chi connectivity index (χ3n) is 7.54. The van der Waals surface area contributed by atoms with Gasteiger partial charge in [-0.2, -0.15) is 0 Å². The molecule has 2 unspecified atom stereocenters. The molecule has 0 aromatic heterocycles. The summed E-state index contributed by atoms with van der Waals surface area (Å²) in [6.07, 6.45) is 1.62. The molecule has 9 nitrogen and oxygen atoms in total. The van der Waals surface area contributed by atoms with E-state index in [1.165, 1.54) is 4.90 Å². The van der Waals surface area contributed by atoms with Crippen LogP contribution in [0.5, 0.6) is 17.2 Å². The maximum absolute atomic E-state index is 11.7. The summed E-state index contributed by atoms with van der Waals surface area (Å²) in [5.74, 6) is 2.45. The van der Waals surface area contributed by atoms with Crippen LogP contribution in [0.3, 0.4) is 0 Å². The van der Waals surface area contributed by atoms with Crippen LogP contribution < -0.4 is 14.2 Å². The number of aliphatic hydroxyl groups excluding tert-OH is 1. The quantitative estimate of drug-likeness (QED) is 0.197. The van der Waals surface area contributed by atoms with Crippen molar-refractivity contribution in [2.75, 3.05) is 53.2 Å². The SMILES string of the molecule is COc1ccccc1COCCCOc1ccc(C2CCN(C(=O)O)CC2OCCOc2ccccc2CCCO)cc1. The number of nitrogens with zero attached hydrogens (tertiary/aromatic N) is 1. The Bertz CT molecular complexity index is 1250. The van der Waals surface area contributed by atoms with E-state index in [1.54, 1.807) is 7.11 Å². The number of para-hydroxylation sites is 2. The van der Waals surface area contributed by atoms with E-state index in [9.17, 15) is 9.90 Å². The molecule has 0 bridgehead atoms. The van der Waals surface area contributed by atoms with Crippen LogP contribution in [0.1, 0.15) is 41.9 Å². The Morgan fingerprint density at radius 3 is 2.35 bits per heavy atom. The zero-order valence-corrected chi connectivity index (χ0v) is 24.9. The van der Waals surface area contributed by atoms with E-state index in [2.05, 4.69) is 0 Å². The number of rotatable bonds is 17. The maximum Gasteiger partial charge on any atom is 0.407 e. The summed E-state index contributed by atoms with van der Waals surface area (Å²) in [6.45, 7) is 3.19. The zero-order chi connectivity index (χ0) is 30.3. The van der Waals surface area contributed by atoms with Crippen LogP contribution in [-0.4, -0.2) is 80.5 Å². The molecule has 0 spiro atoms. The van der Waals surface area contributed by atoms with E-state index >= 15 is 0 Å². The summed E-state index contributed by atoms with van der Waals surface area (Å²) in [6, 6.07) is 23.6. The first kappa shape index (κ1) is 32.1. The number of aliphatic hydroxyl groups is 1. The van der Waals surface area contributed by atoms with Crippen molar-refractivity contribution in [2.45, 2.75) is 44.3 Å². The fourth-order valence-corrected chi connectivity index (χ4v) is 5.28. The Kier molecular flexibility index (Phi) is 13.0. The number of amides is 1. The fourth-order valence-electron chi connectivity index (χ4n) is 5.28. The molecule has 2 atom stereocenters. The molecule has 1 heterocycles. The normalized spacial score (nSPS) is 16.6. The van der Waals surface area contributed by atoms with Crippen LogP contribution in [0.2, 0.25) is 0 Å². The number of hydrogen-bond acceptors (Lipinski definition) is 7. The predicted molar refractivity (Wildman–Crippen MR) is 163 cm³/mol. The van der Waals surface area contributed by atoms with Gasteiger partial charge in [-0.1, -0.05) is 48.5 Å². The minimum atomic E-state index is -0.934. The Morgan fingerprint density at radius 2 is 1.60 bits per heavy atom. The fraction of sp³-hybridized carbons (Fsp3) is 0.441. The van der Waals surface area contributed by atoms with Gasteiger partial charge in [-0.05, 0) is 54.7 Å². The van der Waals surface area contributed by atoms with Crippen LogP contribution in [0, 0.1) is 0 Å². The van der Waals surface area contributed by atoms with Crippen molar-refractivity contribution >= 4 is 6.09 Å². The Hall–Kier alpha value is -3.79. The minimum Gasteiger partial charge on any atom is -0.496 e. The first-order valence-corrected chi connectivity index (χ1v) is 14.9. The number of aryl methyl sites for hydroxylation is 1. The lowest BCUT2D eigenvalue weighted by molar-refractivity contribution is -0.0207. The molecular formula is C34H43NO8. The van der Waals surface area contributed by atoms with Gasteiger partial charge in [0.15, 0.2) is 0 Å². The predicted octanol–water partition coefficient (Wildman–Crippen LogP) is 5.54. The summed E-state index contributed by atoms with van der Waals surface area (Å²) < 4.78 is 29.3. The summed E-state index contributed by atoms with van der Waals surface area (Å²) in [7, 11) is 1.66. The van der Waals surface area contributed by atoms with Gasteiger partial charge < -0.3 is 38.8 Å². The summed E-state index contributed by atoms with van der Waals surface area (Å²) in [4.78, 5) is 13.1. The number of benzene rings is 3. The highest BCUT2D eigenvalue weighted by Gasteiger charge is 2.33. The molecule has 1 aliphatic rings. The number of likely N-dealkylation sites (tertiary alicyclic amines) is 1. The van der Waals surface area contributed by atoms with E-state index in [0.717, 1.165) is 46.8 Å². The molecule has 1 saturated heterocycles. The molecule has 4 rings (SSSR count). The average molecular weight is 594 g/mol. The van der Waals surface area contributed by atoms with Crippen LogP contribution >= 0.6 is 0 Å². The molecule has 0 radical (unpaired) electrons. The molecule has 43 heavy (non-hydrogen) atoms. The number of piperidine rings is 1. The summed E-state index contributed by atoms with van der Waals surface area (Å²) >= 11 is 0. The van der Waals surface area contributed by atoms with Gasteiger partial charge in [0.1, 0.15) is 23.9 Å². The number of ether oxygens (including phenoxy) is 5. The van der Waals surface area contributed by atoms with Crippen molar-refractivity contribution < 1.29 is 38.7 Å². The molecule has 1 fully saturated rings. The molecule has 9 heteroatoms. The van der Waals surface area contributed by atoms with E-state index in [-0.39, 0.29) is 18.6 Å². The standard InChI is InChI=1S/C34H43NO8/c1-39-31-11-4-3-9-28(31)25-40-20-7-21-41-29-15-13-26(14-16-29)30-17-18-35(34(37)38)24-33(30)43-23-22-42-32-12-5-2-8-27(32)10-6-19-36/h2-5,8-9,11-16,30,33,36H,6-7,10,17-25H2,1H3,(H,37,38). The van der Waals surface area contributed by atoms with E-state index in [0.29, 0.717) is 59.0 Å². The molecule has 0 saturated carbocycles. The second-order valence-electron chi connectivity index (χ2n) is 10.5. The van der Waals surface area contributed by atoms with Crippen LogP contribution in [0.15, 0.2) is 72.8 Å². The van der Waals surface area contributed by atoms with Crippen molar-refractivity contribution in [2.24, 2.45) is 0 Å². The van der Waals surface area contributed by atoms with Crippen LogP contribution in [0.4, 0.5) is 4.79 Å². The van der Waals surface area contributed by atoms with Gasteiger partial charge in [0, 0.05) is 31.1 Å². The number of methoxy groups -OCH3 is 1. The van der Waals surface area contributed by atoms with E-state index < -0.39 is 6.09 Å². The van der Waals surface area contributed by atoms with E-state index in [4.69, 9.17) is 28.8 Å². The van der Waals surface area contributed by atoms with E-state index in [1.807, 2.05) is 72.8 Å². The Balaban J connectivity index is 1.24. The van der Waals surface area contributed by atoms with Gasteiger partial charge in [0.05, 0.1) is 46.2 Å². The molecular weight excluding hydrogens is 550 g/mol. The summed E-state index contributed by atoms with van der Waals surface area (Å²) in [5, 5.41) is 18.7. The molecule has 0 aliphatic carbocycles. The molecule has 232 valence electrons. The van der Waals surface area contributed by atoms with Crippen molar-refractivity contribution in [3.8, 4) is 17.2 Å². The van der Waals surface area contributed by atoms with Crippen molar-refractivity contribution in [1.82, 2.24) is 4.90 Å². The van der Waals surface area contributed by atoms with Gasteiger partial charge >= 0.3 is 6.09 Å². The third kappa shape index (κ3) is 9.88. The molecule has 1 amide bonds. The van der Waals surface area contributed by atoms with Gasteiger partial charge in [0.2, 0.25) is 0 Å². The second-order valence-corrected chi connectivity index (χ2v) is 10.5. The van der Waals surface area contributed by atoms with Gasteiger partial charge in [-0.25, -0.2) is 4.79 Å². The molecule has 3 aromatic carbocycles. The monoisotopic (exact) mass is 593 g/mol. The highest BCUT2D eigenvalue weighted by molar-refractivity contribution is 5.65. The van der Waals surface area contributed by atoms with Crippen molar-refractivity contribution in [3.05, 3.63) is 89.5 Å². The molecule has 1 aliphatic heterocycles. The first-order valence-electron chi connectivity index (χ1n) is 14.9. The molecule has 2 N–H and O–H groups in total. The topological polar surface area (TPSA) is 107 Å². The lowest BCUT2D eigenvalue weighted by atomic mass is 9.87. The lowest BCUT2D eigenvalue weighted by Crippen LogP contribution is -2.46. The number of carbonyl (C=O) groups is 1. The molecule has 3 aromatic rings. The maximum atomic E-state index is 11.7. The average Bonchev–Trinajstić information content (AvgIpc) is 3.04. The number of carboxylic acid groups (broad SMARTS) is 1. The smallest absolute Gasteiger partial charge is 0.407 e. The van der Waals surface area contributed by atoms with Crippen molar-refractivity contribution in [3.63, 3.8) is 0 Å². The van der Waals surface area contributed by atoms with Gasteiger partial charge in [0.25, 0.3) is 0 Å². The van der Waals surface area contributed by atoms with Crippen molar-refractivity contribution in [1.29, 1.82) is 0 Å². The highest BCUT2D eigenvalue weighted by Crippen LogP contribution is 2.32. The Labute approximate surface area is 253 Å². The van der Waals surface area contributed by atoms with Gasteiger partial charge in [-0.15, -0.1) is 0 Å². The summed E-state index contributed by atoms with van der Waals surface area (Å²) in [5.41, 5.74) is 3.16. The largest absolute Gasteiger partial charge is 0.496 e. The van der Waals surface area contributed by atoms with Gasteiger partial charge in [-0.3, -0.25) is 0 Å². The first-order chi connectivity index (χ1) is 21.1. The lowest BCUT2D eigenvalue weighted by Gasteiger charge is -2.37. The third-order valence-corrected chi connectivity index (χ3v) is 7.54. The number of hydrogen-bond donors (Lipinski definition) is 2. The van der Waals surface area contributed by atoms with Crippen LogP contribution in [0.25, 0.3) is 0 Å². The second kappa shape index (κ2) is 17.4. The Morgan fingerprint density at radius 1 is 0.860 bits per heavy atom. The highest BCUT2D eigenvalue weighted by atomic mass is 16.5.